The fourth-order valence-corrected chi connectivity index (χ4v) is 3.68. The molecular weight excluding hydrogens is 416 g/mol. The summed E-state index contributed by atoms with van der Waals surface area (Å²) in [4.78, 5) is 23.9. The molecule has 9 nitrogen and oxygen atoms in total. The van der Waals surface area contributed by atoms with Crippen LogP contribution in [-0.4, -0.2) is 56.1 Å². The van der Waals surface area contributed by atoms with Crippen LogP contribution in [0.4, 0.5) is 0 Å². The number of para-hydroxylation sites is 1. The van der Waals surface area contributed by atoms with E-state index >= 15 is 0 Å². The number of rotatable bonds is 9. The molecule has 0 fully saturated rings. The number of carboxylic acids is 1. The number of amides is 1. The summed E-state index contributed by atoms with van der Waals surface area (Å²) >= 11 is 0. The van der Waals surface area contributed by atoms with Gasteiger partial charge < -0.3 is 24.1 Å². The lowest BCUT2D eigenvalue weighted by atomic mass is 9.97. The Balaban J connectivity index is 2.03. The molecule has 0 radical (unpaired) electrons. The lowest BCUT2D eigenvalue weighted by molar-refractivity contribution is -0.141. The Bertz CT molecular complexity index is 1040. The number of hydrazone groups is 1. The van der Waals surface area contributed by atoms with Gasteiger partial charge in [-0.2, -0.15) is 5.10 Å². The van der Waals surface area contributed by atoms with E-state index in [2.05, 4.69) is 5.10 Å². The molecule has 1 aliphatic heterocycles. The van der Waals surface area contributed by atoms with Crippen LogP contribution >= 0.6 is 0 Å². The van der Waals surface area contributed by atoms with Crippen molar-refractivity contribution in [3.8, 4) is 23.0 Å². The Morgan fingerprint density at radius 2 is 1.69 bits per heavy atom. The molecule has 1 N–H and O–H groups in total. The van der Waals surface area contributed by atoms with Crippen molar-refractivity contribution in [3.63, 3.8) is 0 Å². The molecule has 0 bridgehead atoms. The summed E-state index contributed by atoms with van der Waals surface area (Å²) in [5, 5.41) is 14.9. The molecule has 32 heavy (non-hydrogen) atoms. The van der Waals surface area contributed by atoms with Crippen molar-refractivity contribution < 1.29 is 33.6 Å². The van der Waals surface area contributed by atoms with Crippen LogP contribution in [0, 0.1) is 0 Å². The van der Waals surface area contributed by atoms with Gasteiger partial charge >= 0.3 is 5.97 Å². The van der Waals surface area contributed by atoms with Crippen LogP contribution in [0.3, 0.4) is 0 Å². The Labute approximate surface area is 186 Å². The van der Waals surface area contributed by atoms with Gasteiger partial charge in [-0.05, 0) is 24.3 Å². The number of hydrogen-bond donors (Lipinski definition) is 1. The zero-order valence-corrected chi connectivity index (χ0v) is 18.5. The number of carbonyl (C=O) groups excluding carboxylic acids is 1. The highest BCUT2D eigenvalue weighted by molar-refractivity contribution is 6.03. The van der Waals surface area contributed by atoms with Gasteiger partial charge in [0.25, 0.3) is 0 Å². The summed E-state index contributed by atoms with van der Waals surface area (Å²) in [5.41, 5.74) is 2.14. The van der Waals surface area contributed by atoms with Gasteiger partial charge in [0.2, 0.25) is 5.91 Å². The van der Waals surface area contributed by atoms with E-state index in [-0.39, 0.29) is 12.8 Å². The van der Waals surface area contributed by atoms with E-state index < -0.39 is 17.9 Å². The van der Waals surface area contributed by atoms with E-state index in [1.165, 1.54) is 19.2 Å². The summed E-state index contributed by atoms with van der Waals surface area (Å²) in [6.07, 6.45) is -0.0445. The average Bonchev–Trinajstić information content (AvgIpc) is 3.26. The third-order valence-corrected chi connectivity index (χ3v) is 5.23. The molecule has 1 unspecified atom stereocenters. The normalized spacial score (nSPS) is 15.2. The molecule has 0 saturated heterocycles. The molecule has 3 rings (SSSR count). The predicted octanol–water partition coefficient (Wildman–Crippen LogP) is 3.26. The molecule has 0 saturated carbocycles. The first-order valence-electron chi connectivity index (χ1n) is 9.98. The van der Waals surface area contributed by atoms with Crippen molar-refractivity contribution in [2.75, 3.05) is 28.4 Å². The second kappa shape index (κ2) is 10.0. The Morgan fingerprint density at radius 1 is 0.969 bits per heavy atom. The van der Waals surface area contributed by atoms with Gasteiger partial charge in [0.05, 0.1) is 46.6 Å². The maximum Gasteiger partial charge on any atom is 0.303 e. The minimum absolute atomic E-state index is 0.166. The highest BCUT2D eigenvalue weighted by atomic mass is 16.5. The Morgan fingerprint density at radius 3 is 2.31 bits per heavy atom. The molecule has 1 atom stereocenters. The fourth-order valence-electron chi connectivity index (χ4n) is 3.68. The molecule has 2 aromatic carbocycles. The van der Waals surface area contributed by atoms with Crippen LogP contribution in [0.1, 0.15) is 36.4 Å². The number of ether oxygens (including phenoxy) is 4. The molecule has 1 aliphatic rings. The van der Waals surface area contributed by atoms with Crippen LogP contribution in [0.5, 0.6) is 23.0 Å². The van der Waals surface area contributed by atoms with Gasteiger partial charge in [-0.3, -0.25) is 9.59 Å². The van der Waals surface area contributed by atoms with Gasteiger partial charge in [0, 0.05) is 24.0 Å². The molecule has 1 amide bonds. The van der Waals surface area contributed by atoms with Crippen LogP contribution < -0.4 is 18.9 Å². The maximum atomic E-state index is 12.9. The molecular formula is C23H26N2O7. The van der Waals surface area contributed by atoms with E-state index in [0.29, 0.717) is 35.1 Å². The second-order valence-corrected chi connectivity index (χ2v) is 7.05. The number of methoxy groups -OCH3 is 4. The van der Waals surface area contributed by atoms with E-state index in [4.69, 9.17) is 24.1 Å². The lowest BCUT2D eigenvalue weighted by Gasteiger charge is -2.24. The first-order valence-corrected chi connectivity index (χ1v) is 9.98. The van der Waals surface area contributed by atoms with Crippen molar-refractivity contribution in [1.82, 2.24) is 5.01 Å². The second-order valence-electron chi connectivity index (χ2n) is 7.05. The lowest BCUT2D eigenvalue weighted by Crippen LogP contribution is -2.27. The molecule has 1 heterocycles. The van der Waals surface area contributed by atoms with Crippen molar-refractivity contribution in [2.24, 2.45) is 5.10 Å². The van der Waals surface area contributed by atoms with Crippen LogP contribution in [0.2, 0.25) is 0 Å². The number of hydrogen-bond acceptors (Lipinski definition) is 7. The monoisotopic (exact) mass is 442 g/mol. The zero-order chi connectivity index (χ0) is 23.3. The predicted molar refractivity (Wildman–Crippen MR) is 117 cm³/mol. The number of benzene rings is 2. The average molecular weight is 442 g/mol. The first kappa shape index (κ1) is 22.9. The third kappa shape index (κ3) is 4.61. The zero-order valence-electron chi connectivity index (χ0n) is 18.5. The number of carboxylic acid groups (broad SMARTS) is 1. The molecule has 9 heteroatoms. The molecule has 2 aromatic rings. The minimum Gasteiger partial charge on any atom is -0.493 e. The van der Waals surface area contributed by atoms with Crippen molar-refractivity contribution in [1.29, 1.82) is 0 Å². The van der Waals surface area contributed by atoms with E-state index in [1.807, 2.05) is 18.2 Å². The first-order chi connectivity index (χ1) is 15.4. The highest BCUT2D eigenvalue weighted by Gasteiger charge is 2.35. The molecule has 170 valence electrons. The molecule has 0 aromatic heterocycles. The SMILES string of the molecule is COc1ccc(C2=NN(C(=O)CCC(=O)O)C(c3cccc(OC)c3OC)C2)cc1OC. The minimum atomic E-state index is -1.04. The standard InChI is InChI=1S/C23H26N2O7/c1-29-18-9-8-14(12-20(18)31-3)16-13-17(25(24-16)21(26)10-11-22(27)28)15-6-5-7-19(30-2)23(15)32-4/h5-9,12,17H,10-11,13H2,1-4H3,(H,27,28). The largest absolute Gasteiger partial charge is 0.493 e. The van der Waals surface area contributed by atoms with Crippen LogP contribution in [0.15, 0.2) is 41.5 Å². The number of nitrogens with zero attached hydrogens (tertiary/aromatic N) is 2. The Kier molecular flexibility index (Phi) is 7.19. The van der Waals surface area contributed by atoms with Gasteiger partial charge in [0.15, 0.2) is 23.0 Å². The van der Waals surface area contributed by atoms with Crippen molar-refractivity contribution >= 4 is 17.6 Å². The molecule has 0 spiro atoms. The summed E-state index contributed by atoms with van der Waals surface area (Å²) in [5.74, 6) is 0.714. The molecule has 0 aliphatic carbocycles. The summed E-state index contributed by atoms with van der Waals surface area (Å²) in [7, 11) is 6.17. The van der Waals surface area contributed by atoms with Gasteiger partial charge in [0.1, 0.15) is 0 Å². The summed E-state index contributed by atoms with van der Waals surface area (Å²) in [6.45, 7) is 0. The smallest absolute Gasteiger partial charge is 0.303 e. The highest BCUT2D eigenvalue weighted by Crippen LogP contribution is 2.42. The van der Waals surface area contributed by atoms with Gasteiger partial charge in [-0.15, -0.1) is 0 Å². The fraction of sp³-hybridized carbons (Fsp3) is 0.348. The Hall–Kier alpha value is -3.75. The van der Waals surface area contributed by atoms with Crippen molar-refractivity contribution in [3.05, 3.63) is 47.5 Å². The third-order valence-electron chi connectivity index (χ3n) is 5.23. The maximum absolute atomic E-state index is 12.9. The number of aliphatic carboxylic acids is 1. The summed E-state index contributed by atoms with van der Waals surface area (Å²) in [6, 6.07) is 10.3. The topological polar surface area (TPSA) is 107 Å². The van der Waals surface area contributed by atoms with Gasteiger partial charge in [-0.25, -0.2) is 5.01 Å². The van der Waals surface area contributed by atoms with Crippen molar-refractivity contribution in [2.45, 2.75) is 25.3 Å². The van der Waals surface area contributed by atoms with E-state index in [1.54, 1.807) is 32.4 Å². The van der Waals surface area contributed by atoms with E-state index in [0.717, 1.165) is 11.1 Å². The van der Waals surface area contributed by atoms with Crippen LogP contribution in [0.25, 0.3) is 0 Å². The summed E-state index contributed by atoms with van der Waals surface area (Å²) < 4.78 is 21.7. The number of carbonyl (C=O) groups is 2. The van der Waals surface area contributed by atoms with Crippen LogP contribution in [-0.2, 0) is 9.59 Å². The van der Waals surface area contributed by atoms with E-state index in [9.17, 15) is 9.59 Å². The van der Waals surface area contributed by atoms with Gasteiger partial charge in [-0.1, -0.05) is 12.1 Å². The quantitative estimate of drug-likeness (QED) is 0.635.